The first-order chi connectivity index (χ1) is 16.5. The van der Waals surface area contributed by atoms with Crippen LogP contribution in [-0.2, 0) is 11.3 Å². The summed E-state index contributed by atoms with van der Waals surface area (Å²) in [7, 11) is 0. The lowest BCUT2D eigenvalue weighted by atomic mass is 10.1. The van der Waals surface area contributed by atoms with Gasteiger partial charge in [-0.25, -0.2) is 4.99 Å². The van der Waals surface area contributed by atoms with Crippen LogP contribution in [0.3, 0.4) is 0 Å². The van der Waals surface area contributed by atoms with Crippen LogP contribution in [0.5, 0.6) is 0 Å². The quantitative estimate of drug-likeness (QED) is 0.300. The van der Waals surface area contributed by atoms with Gasteiger partial charge in [0.25, 0.3) is 5.91 Å². The molecule has 0 unspecified atom stereocenters. The van der Waals surface area contributed by atoms with Gasteiger partial charge in [0.05, 0.1) is 10.6 Å². The fourth-order valence-corrected chi connectivity index (χ4v) is 5.38. The number of fused-ring (bicyclic) bond motifs is 1. The number of hydrogen-bond acceptors (Lipinski definition) is 3. The molecule has 5 heteroatoms. The SMILES string of the molecule is CCN1C(=O)/C(=C\c2c(C)n(Cc3ccccc3)c3ccccc23)SC1=Nc1ccc(C)cc1. The van der Waals surface area contributed by atoms with Crippen molar-refractivity contribution in [3.63, 3.8) is 0 Å². The summed E-state index contributed by atoms with van der Waals surface area (Å²) in [6.07, 6.45) is 2.05. The van der Waals surface area contributed by atoms with Crippen molar-refractivity contribution in [3.8, 4) is 0 Å². The molecule has 1 aromatic heterocycles. The van der Waals surface area contributed by atoms with E-state index in [0.717, 1.165) is 34.0 Å². The molecule has 1 saturated heterocycles. The second kappa shape index (κ2) is 9.35. The van der Waals surface area contributed by atoms with E-state index in [1.54, 1.807) is 4.90 Å². The van der Waals surface area contributed by atoms with Gasteiger partial charge in [-0.15, -0.1) is 0 Å². The number of benzene rings is 3. The van der Waals surface area contributed by atoms with Crippen molar-refractivity contribution in [3.05, 3.63) is 106 Å². The molecule has 3 aromatic carbocycles. The molecule has 0 aliphatic carbocycles. The number of aromatic nitrogens is 1. The van der Waals surface area contributed by atoms with Crippen molar-refractivity contribution < 1.29 is 4.79 Å². The van der Waals surface area contributed by atoms with Crippen LogP contribution in [-0.4, -0.2) is 27.1 Å². The monoisotopic (exact) mass is 465 g/mol. The van der Waals surface area contributed by atoms with Gasteiger partial charge in [0.2, 0.25) is 0 Å². The van der Waals surface area contributed by atoms with Crippen molar-refractivity contribution in [2.75, 3.05) is 6.54 Å². The molecule has 0 N–H and O–H groups in total. The number of rotatable bonds is 5. The van der Waals surface area contributed by atoms with Gasteiger partial charge in [0, 0.05) is 35.2 Å². The Labute approximate surface area is 204 Å². The molecule has 34 heavy (non-hydrogen) atoms. The normalized spacial score (nSPS) is 16.3. The maximum absolute atomic E-state index is 13.3. The van der Waals surface area contributed by atoms with Gasteiger partial charge < -0.3 is 4.57 Å². The maximum Gasteiger partial charge on any atom is 0.266 e. The van der Waals surface area contributed by atoms with Crippen LogP contribution in [0, 0.1) is 13.8 Å². The van der Waals surface area contributed by atoms with E-state index in [9.17, 15) is 4.79 Å². The largest absolute Gasteiger partial charge is 0.340 e. The Morgan fingerprint density at radius 2 is 1.62 bits per heavy atom. The van der Waals surface area contributed by atoms with E-state index in [2.05, 4.69) is 66.9 Å². The van der Waals surface area contributed by atoms with E-state index in [1.165, 1.54) is 28.4 Å². The second-order valence-electron chi connectivity index (χ2n) is 8.48. The number of amidine groups is 1. The predicted molar refractivity (Wildman–Crippen MR) is 143 cm³/mol. The zero-order chi connectivity index (χ0) is 23.7. The van der Waals surface area contributed by atoms with Crippen LogP contribution < -0.4 is 0 Å². The summed E-state index contributed by atoms with van der Waals surface area (Å²) >= 11 is 1.45. The highest BCUT2D eigenvalue weighted by Gasteiger charge is 2.32. The molecule has 0 atom stereocenters. The van der Waals surface area contributed by atoms with Gasteiger partial charge in [-0.1, -0.05) is 66.2 Å². The Hall–Kier alpha value is -3.57. The van der Waals surface area contributed by atoms with Crippen molar-refractivity contribution in [2.24, 2.45) is 4.99 Å². The van der Waals surface area contributed by atoms with Gasteiger partial charge in [-0.05, 0) is 62.4 Å². The van der Waals surface area contributed by atoms with Gasteiger partial charge in [0.15, 0.2) is 5.17 Å². The molecule has 0 bridgehead atoms. The third kappa shape index (κ3) is 4.19. The lowest BCUT2D eigenvalue weighted by Crippen LogP contribution is -2.28. The summed E-state index contributed by atoms with van der Waals surface area (Å²) in [6, 6.07) is 27.0. The van der Waals surface area contributed by atoms with E-state index >= 15 is 0 Å². The minimum atomic E-state index is 0.0117. The maximum atomic E-state index is 13.3. The fraction of sp³-hybridized carbons (Fsp3) is 0.172. The third-order valence-electron chi connectivity index (χ3n) is 6.20. The van der Waals surface area contributed by atoms with Gasteiger partial charge in [-0.2, -0.15) is 0 Å². The molecule has 5 rings (SSSR count). The summed E-state index contributed by atoms with van der Waals surface area (Å²) in [5.74, 6) is 0.0117. The van der Waals surface area contributed by atoms with Crippen LogP contribution >= 0.6 is 11.8 Å². The molecule has 1 fully saturated rings. The van der Waals surface area contributed by atoms with E-state index in [-0.39, 0.29) is 5.91 Å². The Bertz CT molecular complexity index is 1420. The predicted octanol–water partition coefficient (Wildman–Crippen LogP) is 6.93. The molecule has 1 amide bonds. The first kappa shape index (κ1) is 22.2. The second-order valence-corrected chi connectivity index (χ2v) is 9.49. The summed E-state index contributed by atoms with van der Waals surface area (Å²) in [4.78, 5) is 20.5. The first-order valence-corrected chi connectivity index (χ1v) is 12.4. The molecule has 1 aliphatic heterocycles. The van der Waals surface area contributed by atoms with Crippen LogP contribution in [0.1, 0.15) is 29.3 Å². The molecule has 2 heterocycles. The number of carbonyl (C=O) groups is 1. The molecular weight excluding hydrogens is 438 g/mol. The number of carbonyl (C=O) groups excluding carboxylic acids is 1. The molecule has 1 aliphatic rings. The number of hydrogen-bond donors (Lipinski definition) is 0. The van der Waals surface area contributed by atoms with E-state index in [1.807, 2.05) is 43.3 Å². The van der Waals surface area contributed by atoms with E-state index < -0.39 is 0 Å². The van der Waals surface area contributed by atoms with E-state index in [0.29, 0.717) is 11.4 Å². The first-order valence-electron chi connectivity index (χ1n) is 11.5. The number of amides is 1. The molecular formula is C29H27N3OS. The van der Waals surface area contributed by atoms with Crippen LogP contribution in [0.25, 0.3) is 17.0 Å². The smallest absolute Gasteiger partial charge is 0.266 e. The Morgan fingerprint density at radius 1 is 0.912 bits per heavy atom. The summed E-state index contributed by atoms with van der Waals surface area (Å²) in [5.41, 5.74) is 6.71. The van der Waals surface area contributed by atoms with Gasteiger partial charge in [0.1, 0.15) is 0 Å². The van der Waals surface area contributed by atoms with Crippen LogP contribution in [0.15, 0.2) is 88.8 Å². The fourth-order valence-electron chi connectivity index (χ4n) is 4.34. The summed E-state index contributed by atoms with van der Waals surface area (Å²) < 4.78 is 2.33. The number of aryl methyl sites for hydroxylation is 1. The highest BCUT2D eigenvalue weighted by molar-refractivity contribution is 8.18. The van der Waals surface area contributed by atoms with Gasteiger partial charge >= 0.3 is 0 Å². The molecule has 4 aromatic rings. The topological polar surface area (TPSA) is 37.6 Å². The standard InChI is InChI=1S/C29H27N3OS/c1-4-31-28(33)27(34-29(31)30-23-16-14-20(2)15-17-23)18-25-21(3)32(19-22-10-6-5-7-11-22)26-13-9-8-12-24(25)26/h5-18H,4,19H2,1-3H3/b27-18+,30-29?. The highest BCUT2D eigenvalue weighted by atomic mass is 32.2. The average Bonchev–Trinajstić information content (AvgIpc) is 3.29. The summed E-state index contributed by atoms with van der Waals surface area (Å²) in [5, 5.41) is 1.89. The Morgan fingerprint density at radius 3 is 2.35 bits per heavy atom. The van der Waals surface area contributed by atoms with E-state index in [4.69, 9.17) is 4.99 Å². The number of para-hydroxylation sites is 1. The molecule has 4 nitrogen and oxygen atoms in total. The Kier molecular flexibility index (Phi) is 6.12. The number of nitrogens with zero attached hydrogens (tertiary/aromatic N) is 3. The highest BCUT2D eigenvalue weighted by Crippen LogP contribution is 2.37. The number of likely N-dealkylation sites (N-methyl/N-ethyl adjacent to an activating group) is 1. The average molecular weight is 466 g/mol. The van der Waals surface area contributed by atoms with Crippen molar-refractivity contribution >= 4 is 45.5 Å². The molecule has 170 valence electrons. The molecule has 0 radical (unpaired) electrons. The third-order valence-corrected chi connectivity index (χ3v) is 7.21. The van der Waals surface area contributed by atoms with Gasteiger partial charge in [-0.3, -0.25) is 9.69 Å². The summed E-state index contributed by atoms with van der Waals surface area (Å²) in [6.45, 7) is 7.56. The minimum Gasteiger partial charge on any atom is -0.340 e. The van der Waals surface area contributed by atoms with Crippen molar-refractivity contribution in [2.45, 2.75) is 27.3 Å². The van der Waals surface area contributed by atoms with Crippen LogP contribution in [0.4, 0.5) is 5.69 Å². The Balaban J connectivity index is 1.56. The molecule has 0 spiro atoms. The van der Waals surface area contributed by atoms with Crippen molar-refractivity contribution in [1.82, 2.24) is 9.47 Å². The van der Waals surface area contributed by atoms with Crippen LogP contribution in [0.2, 0.25) is 0 Å². The molecule has 0 saturated carbocycles. The zero-order valence-corrected chi connectivity index (χ0v) is 20.5. The zero-order valence-electron chi connectivity index (χ0n) is 19.7. The minimum absolute atomic E-state index is 0.0117. The van der Waals surface area contributed by atoms with Crippen molar-refractivity contribution in [1.29, 1.82) is 0 Å². The lowest BCUT2D eigenvalue weighted by molar-refractivity contribution is -0.122. The number of aliphatic imine (C=N–C) groups is 1. The number of thioether (sulfide) groups is 1. The lowest BCUT2D eigenvalue weighted by Gasteiger charge is -2.12.